The van der Waals surface area contributed by atoms with Gasteiger partial charge in [0, 0.05) is 26.6 Å². The molecule has 1 saturated heterocycles. The van der Waals surface area contributed by atoms with Crippen LogP contribution < -0.4 is 5.32 Å². The van der Waals surface area contributed by atoms with Gasteiger partial charge in [0.25, 0.3) is 0 Å². The first-order chi connectivity index (χ1) is 10.1. The number of piperidine rings is 1. The first kappa shape index (κ1) is 15.5. The van der Waals surface area contributed by atoms with Crippen LogP contribution in [0, 0.1) is 17.1 Å². The van der Waals surface area contributed by atoms with Gasteiger partial charge in [-0.1, -0.05) is 18.2 Å². The summed E-state index contributed by atoms with van der Waals surface area (Å²) in [5.41, 5.74) is 0.0521. The molecule has 0 unspecified atom stereocenters. The number of nitrogens with zero attached hydrogens (tertiary/aromatic N) is 2. The molecule has 21 heavy (non-hydrogen) atoms. The minimum absolute atomic E-state index is 0.0490. The van der Waals surface area contributed by atoms with E-state index in [1.165, 1.54) is 6.07 Å². The lowest BCUT2D eigenvalue weighted by atomic mass is 9.88. The third kappa shape index (κ3) is 3.79. The molecule has 0 spiro atoms. The summed E-state index contributed by atoms with van der Waals surface area (Å²) in [6.45, 7) is 3.28. The quantitative estimate of drug-likeness (QED) is 0.920. The Hall–Kier alpha value is -1.93. The fourth-order valence-corrected chi connectivity index (χ4v) is 2.67. The van der Waals surface area contributed by atoms with Crippen LogP contribution in [-0.4, -0.2) is 36.0 Å². The predicted molar refractivity (Wildman–Crippen MR) is 77.9 cm³/mol. The van der Waals surface area contributed by atoms with Crippen molar-refractivity contribution in [1.82, 2.24) is 10.2 Å². The Morgan fingerprint density at radius 2 is 2.10 bits per heavy atom. The molecule has 0 aromatic heterocycles. The maximum absolute atomic E-state index is 13.5. The number of nitriles is 1. The number of benzene rings is 1. The standard InChI is InChI=1S/C16H20FN3O/c1-13(21)20-10-7-16(12-18,8-11-20)19-9-6-14-4-2-3-5-15(14)17/h2-5,19H,6-11H2,1H3. The second-order valence-electron chi connectivity index (χ2n) is 5.47. The number of rotatable bonds is 4. The van der Waals surface area contributed by atoms with Gasteiger partial charge < -0.3 is 4.90 Å². The summed E-state index contributed by atoms with van der Waals surface area (Å²) in [6.07, 6.45) is 1.77. The van der Waals surface area contributed by atoms with Crippen molar-refractivity contribution in [2.75, 3.05) is 19.6 Å². The van der Waals surface area contributed by atoms with Gasteiger partial charge in [0.1, 0.15) is 11.4 Å². The minimum Gasteiger partial charge on any atom is -0.343 e. The normalized spacial score (nSPS) is 17.3. The highest BCUT2D eigenvalue weighted by atomic mass is 19.1. The van der Waals surface area contributed by atoms with Gasteiger partial charge in [-0.2, -0.15) is 5.26 Å². The summed E-state index contributed by atoms with van der Waals surface area (Å²) in [5, 5.41) is 12.7. The molecule has 4 nitrogen and oxygen atoms in total. The summed E-state index contributed by atoms with van der Waals surface area (Å²) in [7, 11) is 0. The molecular formula is C16H20FN3O. The first-order valence-electron chi connectivity index (χ1n) is 7.21. The van der Waals surface area contributed by atoms with Crippen LogP contribution in [0.15, 0.2) is 24.3 Å². The topological polar surface area (TPSA) is 56.1 Å². The fraction of sp³-hybridized carbons (Fsp3) is 0.500. The van der Waals surface area contributed by atoms with Gasteiger partial charge >= 0.3 is 0 Å². The lowest BCUT2D eigenvalue weighted by molar-refractivity contribution is -0.130. The van der Waals surface area contributed by atoms with Crippen molar-refractivity contribution >= 4 is 5.91 Å². The molecule has 1 aliphatic heterocycles. The van der Waals surface area contributed by atoms with Gasteiger partial charge in [0.05, 0.1) is 6.07 Å². The zero-order valence-electron chi connectivity index (χ0n) is 12.2. The number of likely N-dealkylation sites (tertiary alicyclic amines) is 1. The molecule has 0 aliphatic carbocycles. The summed E-state index contributed by atoms with van der Waals surface area (Å²) in [4.78, 5) is 13.1. The molecule has 0 atom stereocenters. The summed E-state index contributed by atoms with van der Waals surface area (Å²) < 4.78 is 13.5. The lowest BCUT2D eigenvalue weighted by Crippen LogP contribution is -2.53. The van der Waals surface area contributed by atoms with E-state index in [-0.39, 0.29) is 11.7 Å². The van der Waals surface area contributed by atoms with Crippen molar-refractivity contribution < 1.29 is 9.18 Å². The second-order valence-corrected chi connectivity index (χ2v) is 5.47. The van der Waals surface area contributed by atoms with Crippen LogP contribution in [0.4, 0.5) is 4.39 Å². The number of hydrogen-bond donors (Lipinski definition) is 1. The molecule has 112 valence electrons. The Labute approximate surface area is 124 Å². The highest BCUT2D eigenvalue weighted by molar-refractivity contribution is 5.73. The van der Waals surface area contributed by atoms with Gasteiger partial charge in [-0.05, 0) is 30.9 Å². The zero-order chi connectivity index (χ0) is 15.3. The molecule has 0 bridgehead atoms. The summed E-state index contributed by atoms with van der Waals surface area (Å²) in [5.74, 6) is -0.162. The predicted octanol–water partition coefficient (Wildman–Crippen LogP) is 1.86. The number of carbonyl (C=O) groups excluding carboxylic acids is 1. The van der Waals surface area contributed by atoms with E-state index in [1.807, 2.05) is 6.07 Å². The van der Waals surface area contributed by atoms with Crippen molar-refractivity contribution in [3.05, 3.63) is 35.6 Å². The van der Waals surface area contributed by atoms with E-state index in [9.17, 15) is 14.4 Å². The number of amides is 1. The summed E-state index contributed by atoms with van der Waals surface area (Å²) in [6, 6.07) is 9.02. The molecule has 1 N–H and O–H groups in total. The third-order valence-corrected chi connectivity index (χ3v) is 4.09. The molecule has 1 heterocycles. The fourth-order valence-electron chi connectivity index (χ4n) is 2.67. The Morgan fingerprint density at radius 3 is 2.67 bits per heavy atom. The largest absolute Gasteiger partial charge is 0.343 e. The highest BCUT2D eigenvalue weighted by Crippen LogP contribution is 2.21. The maximum atomic E-state index is 13.5. The average Bonchev–Trinajstić information content (AvgIpc) is 2.49. The van der Waals surface area contributed by atoms with E-state index in [2.05, 4.69) is 11.4 Å². The Morgan fingerprint density at radius 1 is 1.43 bits per heavy atom. The molecule has 1 aromatic rings. The SMILES string of the molecule is CC(=O)N1CCC(C#N)(NCCc2ccccc2F)CC1. The zero-order valence-corrected chi connectivity index (χ0v) is 12.2. The molecule has 1 aliphatic rings. The van der Waals surface area contributed by atoms with Crippen molar-refractivity contribution in [2.24, 2.45) is 0 Å². The van der Waals surface area contributed by atoms with Crippen molar-refractivity contribution in [3.63, 3.8) is 0 Å². The minimum atomic E-state index is -0.600. The van der Waals surface area contributed by atoms with E-state index in [0.29, 0.717) is 44.5 Å². The Kier molecular flexibility index (Phi) is 4.92. The van der Waals surface area contributed by atoms with Crippen LogP contribution in [0.1, 0.15) is 25.3 Å². The van der Waals surface area contributed by atoms with Gasteiger partial charge in [0.15, 0.2) is 0 Å². The van der Waals surface area contributed by atoms with Gasteiger partial charge in [-0.3, -0.25) is 10.1 Å². The molecule has 0 saturated carbocycles. The molecular weight excluding hydrogens is 269 g/mol. The molecule has 1 amide bonds. The highest BCUT2D eigenvalue weighted by Gasteiger charge is 2.34. The Bertz CT molecular complexity index is 545. The molecule has 1 aromatic carbocycles. The van der Waals surface area contributed by atoms with Crippen LogP contribution in [0.5, 0.6) is 0 Å². The van der Waals surface area contributed by atoms with Crippen LogP contribution in [0.2, 0.25) is 0 Å². The van der Waals surface area contributed by atoms with E-state index >= 15 is 0 Å². The van der Waals surface area contributed by atoms with Crippen LogP contribution in [0.3, 0.4) is 0 Å². The van der Waals surface area contributed by atoms with Crippen molar-refractivity contribution in [3.8, 4) is 6.07 Å². The number of carbonyl (C=O) groups is 1. The van der Waals surface area contributed by atoms with Crippen LogP contribution >= 0.6 is 0 Å². The second kappa shape index (κ2) is 6.68. The molecule has 0 radical (unpaired) electrons. The molecule has 1 fully saturated rings. The maximum Gasteiger partial charge on any atom is 0.219 e. The van der Waals surface area contributed by atoms with Crippen LogP contribution in [0.25, 0.3) is 0 Å². The van der Waals surface area contributed by atoms with E-state index < -0.39 is 5.54 Å². The first-order valence-corrected chi connectivity index (χ1v) is 7.21. The third-order valence-electron chi connectivity index (χ3n) is 4.09. The number of halogens is 1. The lowest BCUT2D eigenvalue weighted by Gasteiger charge is -2.37. The van der Waals surface area contributed by atoms with E-state index in [4.69, 9.17) is 0 Å². The Balaban J connectivity index is 1.88. The number of nitrogens with one attached hydrogen (secondary N) is 1. The van der Waals surface area contributed by atoms with Gasteiger partial charge in [0.2, 0.25) is 5.91 Å². The number of hydrogen-bond acceptors (Lipinski definition) is 3. The smallest absolute Gasteiger partial charge is 0.219 e. The summed E-state index contributed by atoms with van der Waals surface area (Å²) >= 11 is 0. The monoisotopic (exact) mass is 289 g/mol. The molecule has 2 rings (SSSR count). The van der Waals surface area contributed by atoms with Crippen molar-refractivity contribution in [1.29, 1.82) is 5.26 Å². The van der Waals surface area contributed by atoms with Crippen molar-refractivity contribution in [2.45, 2.75) is 31.7 Å². The van der Waals surface area contributed by atoms with E-state index in [1.54, 1.807) is 24.0 Å². The molecule has 5 heteroatoms. The van der Waals surface area contributed by atoms with Gasteiger partial charge in [-0.15, -0.1) is 0 Å². The van der Waals surface area contributed by atoms with E-state index in [0.717, 1.165) is 0 Å². The van der Waals surface area contributed by atoms with Crippen LogP contribution in [-0.2, 0) is 11.2 Å². The average molecular weight is 289 g/mol. The van der Waals surface area contributed by atoms with Gasteiger partial charge in [-0.25, -0.2) is 4.39 Å².